The topological polar surface area (TPSA) is 52.1 Å². The molecule has 1 heterocycles. The van der Waals surface area contributed by atoms with Crippen molar-refractivity contribution in [2.24, 2.45) is 4.99 Å². The number of nitrogens with one attached hydrogen (secondary N) is 2. The summed E-state index contributed by atoms with van der Waals surface area (Å²) in [6.07, 6.45) is 0. The highest BCUT2D eigenvalue weighted by molar-refractivity contribution is 14.0. The number of aliphatic imine (C=N–C) groups is 1. The van der Waals surface area contributed by atoms with E-state index in [4.69, 9.17) is 4.74 Å². The fourth-order valence-electron chi connectivity index (χ4n) is 2.13. The largest absolute Gasteiger partial charge is 0.383 e. The summed E-state index contributed by atoms with van der Waals surface area (Å²) in [5.41, 5.74) is 0. The minimum atomic E-state index is 0. The number of methoxy groups -OCH3 is 1. The summed E-state index contributed by atoms with van der Waals surface area (Å²) in [6, 6.07) is 0.523. The van der Waals surface area contributed by atoms with Gasteiger partial charge in [-0.2, -0.15) is 0 Å². The smallest absolute Gasteiger partial charge is 0.191 e. The highest BCUT2D eigenvalue weighted by Crippen LogP contribution is 2.03. The molecule has 120 valence electrons. The fraction of sp³-hybridized carbons (Fsp3) is 0.923. The van der Waals surface area contributed by atoms with E-state index in [0.29, 0.717) is 12.6 Å². The van der Waals surface area contributed by atoms with Crippen LogP contribution in [0.25, 0.3) is 0 Å². The van der Waals surface area contributed by atoms with Crippen LogP contribution in [0.15, 0.2) is 4.99 Å². The molecule has 0 aromatic heterocycles. The van der Waals surface area contributed by atoms with Gasteiger partial charge in [-0.3, -0.25) is 9.89 Å². The Kier molecular flexibility index (Phi) is 11.5. The van der Waals surface area contributed by atoms with Crippen LogP contribution >= 0.6 is 24.0 Å². The first kappa shape index (κ1) is 19.9. The van der Waals surface area contributed by atoms with Gasteiger partial charge in [0.1, 0.15) is 0 Å². The summed E-state index contributed by atoms with van der Waals surface area (Å²) < 4.78 is 5.01. The van der Waals surface area contributed by atoms with E-state index >= 15 is 0 Å². The van der Waals surface area contributed by atoms with Gasteiger partial charge < -0.3 is 20.3 Å². The molecule has 1 saturated heterocycles. The summed E-state index contributed by atoms with van der Waals surface area (Å²) in [7, 11) is 5.68. The summed E-state index contributed by atoms with van der Waals surface area (Å²) in [6.45, 7) is 9.26. The lowest BCUT2D eigenvalue weighted by atomic mass is 10.2. The lowest BCUT2D eigenvalue weighted by Crippen LogP contribution is -2.52. The van der Waals surface area contributed by atoms with Crippen LogP contribution in [-0.2, 0) is 4.74 Å². The van der Waals surface area contributed by atoms with Crippen LogP contribution in [-0.4, -0.2) is 88.9 Å². The van der Waals surface area contributed by atoms with E-state index in [1.807, 2.05) is 0 Å². The van der Waals surface area contributed by atoms with Crippen molar-refractivity contribution in [2.45, 2.75) is 13.0 Å². The highest BCUT2D eigenvalue weighted by Gasteiger charge is 2.18. The van der Waals surface area contributed by atoms with Crippen LogP contribution in [0.4, 0.5) is 0 Å². The van der Waals surface area contributed by atoms with Gasteiger partial charge in [0, 0.05) is 59.5 Å². The number of likely N-dealkylation sites (N-methyl/N-ethyl adjacent to an activating group) is 1. The van der Waals surface area contributed by atoms with Crippen molar-refractivity contribution < 1.29 is 4.74 Å². The normalized spacial score (nSPS) is 19.3. The van der Waals surface area contributed by atoms with Crippen molar-refractivity contribution in [3.8, 4) is 0 Å². The van der Waals surface area contributed by atoms with Crippen LogP contribution in [0, 0.1) is 0 Å². The molecule has 1 aliphatic heterocycles. The predicted octanol–water partition coefficient (Wildman–Crippen LogP) is 0.0517. The Morgan fingerprint density at radius 1 is 1.25 bits per heavy atom. The second kappa shape index (κ2) is 11.5. The zero-order valence-electron chi connectivity index (χ0n) is 13.2. The van der Waals surface area contributed by atoms with Crippen molar-refractivity contribution in [3.63, 3.8) is 0 Å². The molecule has 0 radical (unpaired) electrons. The molecule has 0 bridgehead atoms. The second-order valence-electron chi connectivity index (χ2n) is 5.06. The molecule has 2 N–H and O–H groups in total. The molecule has 6 nitrogen and oxygen atoms in total. The molecule has 0 amide bonds. The van der Waals surface area contributed by atoms with Crippen LogP contribution in [0.5, 0.6) is 0 Å². The quantitative estimate of drug-likeness (QED) is 0.286. The van der Waals surface area contributed by atoms with Gasteiger partial charge in [-0.05, 0) is 14.0 Å². The number of guanidine groups is 1. The average Bonchev–Trinajstić information content (AvgIpc) is 2.43. The van der Waals surface area contributed by atoms with Gasteiger partial charge in [0.2, 0.25) is 0 Å². The molecule has 1 fully saturated rings. The SMILES string of the molecule is CN=C(NCCOC)NCC(C)N1CCN(C)CC1.I. The Bertz CT molecular complexity index is 269. The van der Waals surface area contributed by atoms with Gasteiger partial charge in [0.25, 0.3) is 0 Å². The Balaban J connectivity index is 0.00000361. The molecule has 7 heteroatoms. The minimum Gasteiger partial charge on any atom is -0.383 e. The number of hydrogen-bond donors (Lipinski definition) is 2. The molecule has 0 aromatic carbocycles. The van der Waals surface area contributed by atoms with Gasteiger partial charge in [-0.15, -0.1) is 24.0 Å². The molecule has 1 atom stereocenters. The van der Waals surface area contributed by atoms with E-state index in [0.717, 1.165) is 45.2 Å². The molecule has 20 heavy (non-hydrogen) atoms. The summed E-state index contributed by atoms with van der Waals surface area (Å²) in [5.74, 6) is 0.845. The Labute approximate surface area is 140 Å². The summed E-state index contributed by atoms with van der Waals surface area (Å²) >= 11 is 0. The molecule has 1 aliphatic rings. The Hall–Kier alpha value is -0.120. The number of rotatable bonds is 6. The van der Waals surface area contributed by atoms with E-state index in [2.05, 4.69) is 39.4 Å². The van der Waals surface area contributed by atoms with Gasteiger partial charge in [0.15, 0.2) is 5.96 Å². The van der Waals surface area contributed by atoms with Gasteiger partial charge in [-0.25, -0.2) is 0 Å². The van der Waals surface area contributed by atoms with E-state index in [9.17, 15) is 0 Å². The van der Waals surface area contributed by atoms with Crippen molar-refractivity contribution in [1.29, 1.82) is 0 Å². The number of nitrogens with zero attached hydrogens (tertiary/aromatic N) is 3. The van der Waals surface area contributed by atoms with E-state index < -0.39 is 0 Å². The maximum Gasteiger partial charge on any atom is 0.191 e. The summed E-state index contributed by atoms with van der Waals surface area (Å²) in [5, 5.41) is 6.59. The Morgan fingerprint density at radius 2 is 1.90 bits per heavy atom. The predicted molar refractivity (Wildman–Crippen MR) is 95.2 cm³/mol. The minimum absolute atomic E-state index is 0. The third kappa shape index (κ3) is 7.61. The van der Waals surface area contributed by atoms with Crippen LogP contribution in [0.1, 0.15) is 6.92 Å². The molecular formula is C13H30IN5O. The molecule has 0 aliphatic carbocycles. The molecule has 0 spiro atoms. The lowest BCUT2D eigenvalue weighted by molar-refractivity contribution is 0.120. The molecule has 1 rings (SSSR count). The molecule has 0 saturated carbocycles. The molecule has 1 unspecified atom stereocenters. The van der Waals surface area contributed by atoms with Crippen LogP contribution in [0.2, 0.25) is 0 Å². The van der Waals surface area contributed by atoms with Gasteiger partial charge >= 0.3 is 0 Å². The van der Waals surface area contributed by atoms with E-state index in [1.165, 1.54) is 0 Å². The van der Waals surface area contributed by atoms with E-state index in [-0.39, 0.29) is 24.0 Å². The Morgan fingerprint density at radius 3 is 2.45 bits per heavy atom. The third-order valence-electron chi connectivity index (χ3n) is 3.55. The number of piperazine rings is 1. The standard InChI is InChI=1S/C13H29N5O.HI/c1-12(18-8-6-17(3)7-9-18)11-16-13(14-2)15-5-10-19-4;/h12H,5-11H2,1-4H3,(H2,14,15,16);1H. The molecular weight excluding hydrogens is 369 g/mol. The van der Waals surface area contributed by atoms with Crippen molar-refractivity contribution >= 4 is 29.9 Å². The van der Waals surface area contributed by atoms with Gasteiger partial charge in [0.05, 0.1) is 6.61 Å². The maximum absolute atomic E-state index is 5.01. The van der Waals surface area contributed by atoms with Crippen molar-refractivity contribution in [3.05, 3.63) is 0 Å². The van der Waals surface area contributed by atoms with Crippen LogP contribution < -0.4 is 10.6 Å². The average molecular weight is 399 g/mol. The highest BCUT2D eigenvalue weighted by atomic mass is 127. The van der Waals surface area contributed by atoms with E-state index in [1.54, 1.807) is 14.2 Å². The third-order valence-corrected chi connectivity index (χ3v) is 3.55. The second-order valence-corrected chi connectivity index (χ2v) is 5.06. The number of ether oxygens (including phenoxy) is 1. The lowest BCUT2D eigenvalue weighted by Gasteiger charge is -2.36. The monoisotopic (exact) mass is 399 g/mol. The maximum atomic E-state index is 5.01. The number of hydrogen-bond acceptors (Lipinski definition) is 4. The first-order chi connectivity index (χ1) is 9.17. The first-order valence-corrected chi connectivity index (χ1v) is 7.03. The zero-order chi connectivity index (χ0) is 14.1. The summed E-state index contributed by atoms with van der Waals surface area (Å²) in [4.78, 5) is 9.10. The fourth-order valence-corrected chi connectivity index (χ4v) is 2.13. The number of halogens is 1. The first-order valence-electron chi connectivity index (χ1n) is 7.03. The van der Waals surface area contributed by atoms with Crippen molar-refractivity contribution in [2.75, 3.05) is 67.1 Å². The zero-order valence-corrected chi connectivity index (χ0v) is 15.5. The van der Waals surface area contributed by atoms with Crippen molar-refractivity contribution in [1.82, 2.24) is 20.4 Å². The van der Waals surface area contributed by atoms with Crippen LogP contribution in [0.3, 0.4) is 0 Å². The van der Waals surface area contributed by atoms with Gasteiger partial charge in [-0.1, -0.05) is 0 Å². The molecule has 0 aromatic rings.